The third kappa shape index (κ3) is 3.48. The first-order chi connectivity index (χ1) is 14.2. The van der Waals surface area contributed by atoms with Crippen molar-refractivity contribution >= 4 is 22.6 Å². The number of halogens is 3. The summed E-state index contributed by atoms with van der Waals surface area (Å²) in [6, 6.07) is 8.44. The molecule has 30 heavy (non-hydrogen) atoms. The Balaban J connectivity index is 1.66. The minimum atomic E-state index is -4.61. The van der Waals surface area contributed by atoms with Crippen LogP contribution in [-0.2, 0) is 24.4 Å². The Kier molecular flexibility index (Phi) is 4.91. The minimum absolute atomic E-state index is 0.0558. The first kappa shape index (κ1) is 20.2. The van der Waals surface area contributed by atoms with Gasteiger partial charge in [-0.2, -0.15) is 23.3 Å². The molecule has 0 bridgehead atoms. The fraction of sp³-hybridized carbons (Fsp3) is 0.381. The molecule has 1 aliphatic heterocycles. The van der Waals surface area contributed by atoms with Crippen LogP contribution in [0, 0.1) is 6.92 Å². The van der Waals surface area contributed by atoms with E-state index in [1.807, 2.05) is 24.3 Å². The number of benzene rings is 1. The molecule has 1 aromatic carbocycles. The van der Waals surface area contributed by atoms with Gasteiger partial charge in [0.1, 0.15) is 0 Å². The highest BCUT2D eigenvalue weighted by Crippen LogP contribution is 2.37. The number of amides is 1. The van der Waals surface area contributed by atoms with E-state index >= 15 is 0 Å². The molecule has 0 N–H and O–H groups in total. The highest BCUT2D eigenvalue weighted by molar-refractivity contribution is 5.97. The number of para-hydroxylation sites is 1. The number of nitrogens with zero attached hydrogens (tertiary/aromatic N) is 4. The van der Waals surface area contributed by atoms with Crippen molar-refractivity contribution in [3.8, 4) is 5.88 Å². The number of hydrogen-bond acceptors (Lipinski definition) is 4. The highest BCUT2D eigenvalue weighted by atomic mass is 19.4. The highest BCUT2D eigenvalue weighted by Gasteiger charge is 2.36. The average Bonchev–Trinajstić information content (AvgIpc) is 2.99. The predicted molar refractivity (Wildman–Crippen MR) is 105 cm³/mol. The number of ether oxygens (including phenoxy) is 1. The molecule has 0 aliphatic carbocycles. The molecule has 158 valence electrons. The van der Waals surface area contributed by atoms with E-state index in [1.165, 1.54) is 25.6 Å². The Bertz CT molecular complexity index is 1120. The summed E-state index contributed by atoms with van der Waals surface area (Å²) in [7, 11) is 1.52. The summed E-state index contributed by atoms with van der Waals surface area (Å²) in [6.45, 7) is 3.55. The summed E-state index contributed by atoms with van der Waals surface area (Å²) in [6.07, 6.45) is -3.92. The van der Waals surface area contributed by atoms with Crippen LogP contribution < -0.4 is 9.64 Å². The van der Waals surface area contributed by atoms with Crippen molar-refractivity contribution in [2.24, 2.45) is 7.05 Å². The molecular weight excluding hydrogens is 397 g/mol. The fourth-order valence-electron chi connectivity index (χ4n) is 3.92. The molecule has 1 amide bonds. The number of carbonyl (C=O) groups excluding carboxylic acids is 1. The lowest BCUT2D eigenvalue weighted by Crippen LogP contribution is -2.43. The number of pyridine rings is 1. The van der Waals surface area contributed by atoms with E-state index in [2.05, 4.69) is 10.1 Å². The Hall–Kier alpha value is -3.10. The van der Waals surface area contributed by atoms with Gasteiger partial charge in [-0.3, -0.25) is 9.48 Å². The van der Waals surface area contributed by atoms with Gasteiger partial charge in [0, 0.05) is 25.3 Å². The van der Waals surface area contributed by atoms with E-state index in [4.69, 9.17) is 4.74 Å². The lowest BCUT2D eigenvalue weighted by molar-refractivity contribution is -0.136. The average molecular weight is 418 g/mol. The van der Waals surface area contributed by atoms with Crippen molar-refractivity contribution in [3.63, 3.8) is 0 Å². The van der Waals surface area contributed by atoms with Crippen molar-refractivity contribution in [2.75, 3.05) is 11.4 Å². The summed E-state index contributed by atoms with van der Waals surface area (Å²) in [5.74, 6) is -0.581. The van der Waals surface area contributed by atoms with Gasteiger partial charge < -0.3 is 9.64 Å². The number of alkyl halides is 3. The molecular formula is C21H21F3N4O2. The van der Waals surface area contributed by atoms with Crippen molar-refractivity contribution in [3.05, 3.63) is 47.2 Å². The Labute approximate surface area is 171 Å². The molecule has 0 spiro atoms. The van der Waals surface area contributed by atoms with Crippen molar-refractivity contribution in [2.45, 2.75) is 39.0 Å². The van der Waals surface area contributed by atoms with Crippen LogP contribution in [-0.4, -0.2) is 33.3 Å². The summed E-state index contributed by atoms with van der Waals surface area (Å²) in [5, 5.41) is 3.97. The Morgan fingerprint density at radius 3 is 2.73 bits per heavy atom. The lowest BCUT2D eigenvalue weighted by atomic mass is 10.0. The van der Waals surface area contributed by atoms with Crippen molar-refractivity contribution < 1.29 is 22.7 Å². The van der Waals surface area contributed by atoms with Crippen LogP contribution in [0.3, 0.4) is 0 Å². The van der Waals surface area contributed by atoms with E-state index in [0.29, 0.717) is 6.54 Å². The van der Waals surface area contributed by atoms with Gasteiger partial charge in [-0.05, 0) is 38.3 Å². The maximum absolute atomic E-state index is 13.6. The third-order valence-electron chi connectivity index (χ3n) is 5.27. The van der Waals surface area contributed by atoms with Crippen molar-refractivity contribution in [1.82, 2.24) is 14.8 Å². The zero-order chi connectivity index (χ0) is 21.6. The van der Waals surface area contributed by atoms with Crippen LogP contribution in [0.5, 0.6) is 5.88 Å². The number of aromatic nitrogens is 3. The Morgan fingerprint density at radius 2 is 2.00 bits per heavy atom. The molecule has 9 heteroatoms. The minimum Gasteiger partial charge on any atom is -0.464 e. The molecule has 3 aromatic rings. The van der Waals surface area contributed by atoms with E-state index in [-0.39, 0.29) is 28.5 Å². The largest absolute Gasteiger partial charge is 0.464 e. The molecule has 1 aliphatic rings. The second-order valence-corrected chi connectivity index (χ2v) is 7.40. The summed E-state index contributed by atoms with van der Waals surface area (Å²) >= 11 is 0. The maximum atomic E-state index is 13.6. The number of carbonyl (C=O) groups is 1. The molecule has 3 heterocycles. The van der Waals surface area contributed by atoms with Gasteiger partial charge in [0.25, 0.3) is 5.91 Å². The molecule has 1 atom stereocenters. The number of hydrogen-bond donors (Lipinski definition) is 0. The number of anilines is 1. The monoisotopic (exact) mass is 418 g/mol. The zero-order valence-corrected chi connectivity index (χ0v) is 16.8. The van der Waals surface area contributed by atoms with E-state index < -0.39 is 17.8 Å². The van der Waals surface area contributed by atoms with Gasteiger partial charge in [0.2, 0.25) is 5.88 Å². The zero-order valence-electron chi connectivity index (χ0n) is 16.8. The van der Waals surface area contributed by atoms with Crippen LogP contribution in [0.4, 0.5) is 18.9 Å². The second kappa shape index (κ2) is 7.30. The van der Waals surface area contributed by atoms with Gasteiger partial charge in [0.05, 0.1) is 16.6 Å². The SMILES string of the molecule is Cc1nn(C)c2nc(O[C@H](C)C(=O)N3CCCc4ccccc43)cc(C(F)(F)F)c12. The van der Waals surface area contributed by atoms with Crippen LogP contribution in [0.2, 0.25) is 0 Å². The van der Waals surface area contributed by atoms with E-state index in [1.54, 1.807) is 4.90 Å². The maximum Gasteiger partial charge on any atom is 0.417 e. The molecule has 0 saturated carbocycles. The van der Waals surface area contributed by atoms with Crippen LogP contribution in [0.15, 0.2) is 30.3 Å². The quantitative estimate of drug-likeness (QED) is 0.644. The van der Waals surface area contributed by atoms with Crippen LogP contribution in [0.1, 0.15) is 30.2 Å². The molecule has 0 saturated heterocycles. The third-order valence-corrected chi connectivity index (χ3v) is 5.27. The van der Waals surface area contributed by atoms with Gasteiger partial charge >= 0.3 is 6.18 Å². The van der Waals surface area contributed by atoms with Gasteiger partial charge in [-0.15, -0.1) is 0 Å². The molecule has 0 unspecified atom stereocenters. The fourth-order valence-corrected chi connectivity index (χ4v) is 3.92. The molecule has 6 nitrogen and oxygen atoms in total. The van der Waals surface area contributed by atoms with Gasteiger partial charge in [-0.25, -0.2) is 0 Å². The van der Waals surface area contributed by atoms with Crippen LogP contribution >= 0.6 is 0 Å². The normalized spacial score (nSPS) is 15.2. The summed E-state index contributed by atoms with van der Waals surface area (Å²) in [4.78, 5) is 18.8. The Morgan fingerprint density at radius 1 is 1.27 bits per heavy atom. The number of rotatable bonds is 3. The lowest BCUT2D eigenvalue weighted by Gasteiger charge is -2.31. The molecule has 0 radical (unpaired) electrons. The van der Waals surface area contributed by atoms with E-state index in [0.717, 1.165) is 30.2 Å². The second-order valence-electron chi connectivity index (χ2n) is 7.40. The predicted octanol–water partition coefficient (Wildman–Crippen LogP) is 4.04. The molecule has 4 rings (SSSR count). The first-order valence-corrected chi connectivity index (χ1v) is 9.64. The topological polar surface area (TPSA) is 60.2 Å². The number of fused-ring (bicyclic) bond motifs is 2. The van der Waals surface area contributed by atoms with Gasteiger partial charge in [0.15, 0.2) is 11.8 Å². The summed E-state index contributed by atoms with van der Waals surface area (Å²) in [5.41, 5.74) is 1.28. The smallest absolute Gasteiger partial charge is 0.417 e. The molecule has 2 aromatic heterocycles. The molecule has 0 fully saturated rings. The first-order valence-electron chi connectivity index (χ1n) is 9.64. The van der Waals surface area contributed by atoms with Crippen molar-refractivity contribution in [1.29, 1.82) is 0 Å². The summed E-state index contributed by atoms with van der Waals surface area (Å²) < 4.78 is 47.8. The van der Waals surface area contributed by atoms with Gasteiger partial charge in [-0.1, -0.05) is 18.2 Å². The van der Waals surface area contributed by atoms with Crippen LogP contribution in [0.25, 0.3) is 11.0 Å². The number of aryl methyl sites for hydroxylation is 3. The standard InChI is InChI=1S/C21H21F3N4O2/c1-12-18-15(21(22,23)24)11-17(25-19(18)27(3)26-12)30-13(2)20(29)28-10-6-8-14-7-4-5-9-16(14)28/h4-5,7,9,11,13H,6,8,10H2,1-3H3/t13-/m1/s1. The van der Waals surface area contributed by atoms with E-state index in [9.17, 15) is 18.0 Å².